The minimum atomic E-state index is -2.19. The van der Waals surface area contributed by atoms with Crippen molar-refractivity contribution in [1.82, 2.24) is 10.3 Å². The molecule has 0 aliphatic carbocycles. The van der Waals surface area contributed by atoms with Gasteiger partial charge in [-0.05, 0) is 0 Å². The fraction of sp³-hybridized carbons (Fsp3) is 0.238. The van der Waals surface area contributed by atoms with Crippen molar-refractivity contribution >= 4 is 33.9 Å². The van der Waals surface area contributed by atoms with Crippen molar-refractivity contribution in [2.24, 2.45) is 5.10 Å². The van der Waals surface area contributed by atoms with Gasteiger partial charge in [0.05, 0.1) is 0 Å². The number of nitrogens with one attached hydrogen (secondary N) is 2. The van der Waals surface area contributed by atoms with Crippen molar-refractivity contribution in [3.63, 3.8) is 0 Å². The number of benzene rings is 2. The Bertz CT molecular complexity index is 897. The van der Waals surface area contributed by atoms with Crippen LogP contribution in [0.5, 0.6) is 0 Å². The molecule has 3 aromatic rings. The molecule has 0 saturated carbocycles. The molecule has 140 valence electrons. The third kappa shape index (κ3) is 5.20. The van der Waals surface area contributed by atoms with Crippen molar-refractivity contribution < 1.29 is 4.42 Å². The van der Waals surface area contributed by atoms with Crippen LogP contribution in [0, 0.1) is 0 Å². The average molecular weight is 469 g/mol. The molecule has 0 atom stereocenters. The summed E-state index contributed by atoms with van der Waals surface area (Å²) in [5.74, 6) is 0.757. The molecule has 0 unspecified atom stereocenters. The summed E-state index contributed by atoms with van der Waals surface area (Å²) >= 11 is -2.19. The molecule has 6 heteroatoms. The Balaban J connectivity index is 1.71. The van der Waals surface area contributed by atoms with Gasteiger partial charge in [-0.3, -0.25) is 0 Å². The SMILES string of the molecule is CNCc1ccc(/C=N/Nc2ccc(-c3cnco3)cc2)c[c]1[Sn]([CH3])([CH3])[CH3]. The Morgan fingerprint density at radius 1 is 1.11 bits per heavy atom. The predicted molar refractivity (Wildman–Crippen MR) is 115 cm³/mol. The molecule has 3 rings (SSSR count). The van der Waals surface area contributed by atoms with Crippen molar-refractivity contribution in [1.29, 1.82) is 0 Å². The summed E-state index contributed by atoms with van der Waals surface area (Å²) in [6, 6.07) is 14.6. The van der Waals surface area contributed by atoms with Gasteiger partial charge in [0.1, 0.15) is 0 Å². The summed E-state index contributed by atoms with van der Waals surface area (Å²) in [5.41, 5.74) is 7.55. The molecular weight excluding hydrogens is 443 g/mol. The van der Waals surface area contributed by atoms with E-state index >= 15 is 0 Å². The number of anilines is 1. The van der Waals surface area contributed by atoms with Gasteiger partial charge in [0.25, 0.3) is 0 Å². The second-order valence-electron chi connectivity index (χ2n) is 7.51. The predicted octanol–water partition coefficient (Wildman–Crippen LogP) is 4.05. The van der Waals surface area contributed by atoms with Crippen molar-refractivity contribution in [3.8, 4) is 11.3 Å². The van der Waals surface area contributed by atoms with Crippen LogP contribution in [-0.4, -0.2) is 36.6 Å². The summed E-state index contributed by atoms with van der Waals surface area (Å²) in [4.78, 5) is 11.3. The van der Waals surface area contributed by atoms with Gasteiger partial charge in [0.2, 0.25) is 0 Å². The Morgan fingerprint density at radius 3 is 2.52 bits per heavy atom. The zero-order chi connectivity index (χ0) is 19.3. The minimum absolute atomic E-state index is 0.757. The first-order chi connectivity index (χ1) is 13.0. The summed E-state index contributed by atoms with van der Waals surface area (Å²) in [6.07, 6.45) is 5.02. The van der Waals surface area contributed by atoms with Crippen molar-refractivity contribution in [2.45, 2.75) is 21.4 Å². The van der Waals surface area contributed by atoms with Crippen LogP contribution in [0.3, 0.4) is 0 Å². The number of hydrazone groups is 1. The summed E-state index contributed by atoms with van der Waals surface area (Å²) in [7, 11) is 1.99. The molecule has 0 fully saturated rings. The van der Waals surface area contributed by atoms with E-state index in [2.05, 4.69) is 53.8 Å². The number of aromatic nitrogens is 1. The van der Waals surface area contributed by atoms with E-state index in [1.165, 1.54) is 12.0 Å². The molecule has 0 bridgehead atoms. The van der Waals surface area contributed by atoms with Crippen LogP contribution < -0.4 is 14.3 Å². The quantitative estimate of drug-likeness (QED) is 0.312. The van der Waals surface area contributed by atoms with Crippen LogP contribution in [0.2, 0.25) is 14.8 Å². The molecule has 5 nitrogen and oxygen atoms in total. The number of rotatable bonds is 7. The standard InChI is InChI=1S/C18H17N4O.3CH3.Sn/c1-19-10-14-2-4-15(5-3-14)11-21-22-17-8-6-16(7-9-17)18-12-20-13-23-18;;;;/h2,4-9,11-13,19,22H,10H2,1H3;3*1H3;/b21-11+;;;;. The normalized spacial score (nSPS) is 11.9. The van der Waals surface area contributed by atoms with Crippen LogP contribution >= 0.6 is 0 Å². The second kappa shape index (κ2) is 8.71. The topological polar surface area (TPSA) is 62.5 Å². The van der Waals surface area contributed by atoms with Crippen LogP contribution in [0.1, 0.15) is 11.1 Å². The monoisotopic (exact) mass is 470 g/mol. The molecule has 2 N–H and O–H groups in total. The summed E-state index contributed by atoms with van der Waals surface area (Å²) in [5, 5.41) is 7.67. The van der Waals surface area contributed by atoms with E-state index in [9.17, 15) is 0 Å². The molecule has 0 spiro atoms. The molecule has 2 aromatic carbocycles. The number of oxazole rings is 1. The maximum absolute atomic E-state index is 5.30. The fourth-order valence-electron chi connectivity index (χ4n) is 2.97. The van der Waals surface area contributed by atoms with Gasteiger partial charge in [-0.15, -0.1) is 0 Å². The average Bonchev–Trinajstić information content (AvgIpc) is 3.17. The molecule has 27 heavy (non-hydrogen) atoms. The van der Waals surface area contributed by atoms with Crippen LogP contribution in [0.25, 0.3) is 11.3 Å². The van der Waals surface area contributed by atoms with Gasteiger partial charge in [0.15, 0.2) is 6.39 Å². The van der Waals surface area contributed by atoms with E-state index in [0.717, 1.165) is 29.1 Å². The molecule has 0 aliphatic rings. The third-order valence-corrected chi connectivity index (χ3v) is 10.3. The molecule has 0 amide bonds. The van der Waals surface area contributed by atoms with E-state index in [4.69, 9.17) is 4.42 Å². The first-order valence-electron chi connectivity index (χ1n) is 9.03. The first kappa shape index (κ1) is 19.6. The Kier molecular flexibility index (Phi) is 6.34. The number of hydrogen-bond acceptors (Lipinski definition) is 5. The summed E-state index contributed by atoms with van der Waals surface area (Å²) < 4.78 is 6.84. The molecule has 0 saturated heterocycles. The molecule has 1 aromatic heterocycles. The van der Waals surface area contributed by atoms with Crippen LogP contribution in [0.4, 0.5) is 5.69 Å². The number of nitrogens with zero attached hydrogens (tertiary/aromatic N) is 2. The summed E-state index contributed by atoms with van der Waals surface area (Å²) in [6.45, 7) is 0.913. The molecule has 1 heterocycles. The van der Waals surface area contributed by atoms with E-state index in [-0.39, 0.29) is 0 Å². The first-order valence-corrected chi connectivity index (χ1v) is 19.0. The second-order valence-corrected chi connectivity index (χ2v) is 21.9. The Hall–Kier alpha value is -2.12. The Labute approximate surface area is 164 Å². The van der Waals surface area contributed by atoms with E-state index in [0.29, 0.717) is 0 Å². The van der Waals surface area contributed by atoms with E-state index in [1.54, 1.807) is 9.78 Å². The van der Waals surface area contributed by atoms with Crippen LogP contribution in [-0.2, 0) is 6.54 Å². The third-order valence-electron chi connectivity index (χ3n) is 4.32. The molecule has 0 radical (unpaired) electrons. The zero-order valence-electron chi connectivity index (χ0n) is 16.3. The van der Waals surface area contributed by atoms with Gasteiger partial charge >= 0.3 is 154 Å². The van der Waals surface area contributed by atoms with Crippen molar-refractivity contribution in [2.75, 3.05) is 12.5 Å². The van der Waals surface area contributed by atoms with Gasteiger partial charge in [-0.1, -0.05) is 0 Å². The van der Waals surface area contributed by atoms with E-state index < -0.39 is 18.4 Å². The fourth-order valence-corrected chi connectivity index (χ4v) is 7.92. The van der Waals surface area contributed by atoms with Gasteiger partial charge in [-0.2, -0.15) is 0 Å². The van der Waals surface area contributed by atoms with Gasteiger partial charge in [-0.25, -0.2) is 4.98 Å². The van der Waals surface area contributed by atoms with Crippen LogP contribution in [0.15, 0.2) is 64.6 Å². The zero-order valence-corrected chi connectivity index (χ0v) is 19.1. The molecule has 0 aliphatic heterocycles. The number of hydrogen-bond donors (Lipinski definition) is 2. The Morgan fingerprint density at radius 2 is 1.89 bits per heavy atom. The van der Waals surface area contributed by atoms with Gasteiger partial charge < -0.3 is 0 Å². The van der Waals surface area contributed by atoms with E-state index in [1.807, 2.05) is 37.5 Å². The van der Waals surface area contributed by atoms with Crippen molar-refractivity contribution in [3.05, 3.63) is 66.2 Å². The maximum atomic E-state index is 5.30. The molecular formula is C21H26N4OSn. The van der Waals surface area contributed by atoms with Gasteiger partial charge in [0, 0.05) is 0 Å².